The third-order valence-corrected chi connectivity index (χ3v) is 5.28. The first-order chi connectivity index (χ1) is 16.0. The highest BCUT2D eigenvalue weighted by Crippen LogP contribution is 2.37. The standard InChI is InChI=1S/C26H26ClN3O4/c1-16(14-28)15-30(25(32)34-26(2,3)4)23-19-13-18(10-9-17(19)11-12-20(23)27)21-7-6-8-22(29-21)24(31)33-5/h6-13,22,29H,1,15H2,2-5H3. The molecule has 0 spiro atoms. The third kappa shape index (κ3) is 5.59. The third-order valence-electron chi connectivity index (χ3n) is 4.98. The van der Waals surface area contributed by atoms with Crippen molar-refractivity contribution in [3.63, 3.8) is 0 Å². The van der Waals surface area contributed by atoms with Gasteiger partial charge in [-0.3, -0.25) is 4.90 Å². The summed E-state index contributed by atoms with van der Waals surface area (Å²) < 4.78 is 10.4. The van der Waals surface area contributed by atoms with Gasteiger partial charge in [0.25, 0.3) is 0 Å². The Labute approximate surface area is 203 Å². The Hall–Kier alpha value is -3.76. The fraction of sp³-hybridized carbons (Fsp3) is 0.269. The molecule has 1 aliphatic rings. The fourth-order valence-electron chi connectivity index (χ4n) is 3.47. The minimum Gasteiger partial charge on any atom is -0.467 e. The average molecular weight is 480 g/mol. The van der Waals surface area contributed by atoms with E-state index in [0.717, 1.165) is 10.9 Å². The van der Waals surface area contributed by atoms with Gasteiger partial charge in [-0.2, -0.15) is 5.26 Å². The quantitative estimate of drug-likeness (QED) is 0.458. The normalized spacial score (nSPS) is 15.1. The van der Waals surface area contributed by atoms with Gasteiger partial charge in [-0.25, -0.2) is 9.59 Å². The zero-order valence-electron chi connectivity index (χ0n) is 19.5. The van der Waals surface area contributed by atoms with E-state index in [1.807, 2.05) is 36.4 Å². The summed E-state index contributed by atoms with van der Waals surface area (Å²) in [4.78, 5) is 26.5. The molecule has 0 fully saturated rings. The maximum atomic E-state index is 13.2. The molecule has 0 saturated heterocycles. The van der Waals surface area contributed by atoms with Crippen molar-refractivity contribution < 1.29 is 19.1 Å². The van der Waals surface area contributed by atoms with Crippen molar-refractivity contribution in [2.24, 2.45) is 0 Å². The number of carbonyl (C=O) groups is 2. The number of halogens is 1. The molecule has 1 atom stereocenters. The van der Waals surface area contributed by atoms with E-state index in [1.165, 1.54) is 12.0 Å². The van der Waals surface area contributed by atoms with E-state index in [0.29, 0.717) is 21.8 Å². The van der Waals surface area contributed by atoms with E-state index >= 15 is 0 Å². The lowest BCUT2D eigenvalue weighted by Gasteiger charge is -2.29. The van der Waals surface area contributed by atoms with E-state index in [-0.39, 0.29) is 12.1 Å². The van der Waals surface area contributed by atoms with Crippen LogP contribution in [0, 0.1) is 11.3 Å². The van der Waals surface area contributed by atoms with Crippen LogP contribution in [-0.4, -0.2) is 37.4 Å². The number of methoxy groups -OCH3 is 1. The topological polar surface area (TPSA) is 91.7 Å². The molecule has 34 heavy (non-hydrogen) atoms. The van der Waals surface area contributed by atoms with Crippen LogP contribution in [0.15, 0.2) is 60.7 Å². The number of anilines is 1. The highest BCUT2D eigenvalue weighted by molar-refractivity contribution is 6.35. The van der Waals surface area contributed by atoms with Crippen LogP contribution in [0.4, 0.5) is 10.5 Å². The van der Waals surface area contributed by atoms with Gasteiger partial charge in [-0.1, -0.05) is 48.5 Å². The number of amides is 1. The zero-order chi connectivity index (χ0) is 25.0. The van der Waals surface area contributed by atoms with E-state index in [2.05, 4.69) is 11.9 Å². The number of benzene rings is 2. The number of ether oxygens (including phenoxy) is 2. The molecule has 1 aliphatic heterocycles. The highest BCUT2D eigenvalue weighted by Gasteiger charge is 2.27. The molecule has 8 heteroatoms. The van der Waals surface area contributed by atoms with Crippen LogP contribution in [-0.2, 0) is 14.3 Å². The van der Waals surface area contributed by atoms with E-state index in [4.69, 9.17) is 21.1 Å². The Morgan fingerprint density at radius 1 is 1.26 bits per heavy atom. The monoisotopic (exact) mass is 479 g/mol. The molecule has 2 aromatic carbocycles. The molecule has 1 amide bonds. The molecule has 1 heterocycles. The van der Waals surface area contributed by atoms with Gasteiger partial charge in [-0.05, 0) is 49.9 Å². The maximum absolute atomic E-state index is 13.2. The Bertz CT molecular complexity index is 1250. The number of dihydropyridines is 1. The molecule has 176 valence electrons. The van der Waals surface area contributed by atoms with Gasteiger partial charge >= 0.3 is 12.1 Å². The van der Waals surface area contributed by atoms with Crippen molar-refractivity contribution in [3.8, 4) is 6.07 Å². The predicted molar refractivity (Wildman–Crippen MR) is 133 cm³/mol. The number of rotatable bonds is 5. The van der Waals surface area contributed by atoms with Gasteiger partial charge in [0.1, 0.15) is 11.6 Å². The first-order valence-corrected chi connectivity index (χ1v) is 11.0. The Kier molecular flexibility index (Phi) is 7.33. The smallest absolute Gasteiger partial charge is 0.415 e. The van der Waals surface area contributed by atoms with Crippen molar-refractivity contribution >= 4 is 45.8 Å². The lowest BCUT2D eigenvalue weighted by molar-refractivity contribution is -0.141. The lowest BCUT2D eigenvalue weighted by atomic mass is 10.0. The molecule has 1 N–H and O–H groups in total. The summed E-state index contributed by atoms with van der Waals surface area (Å²) in [6.07, 6.45) is 4.68. The minimum absolute atomic E-state index is 0.0808. The highest BCUT2D eigenvalue weighted by atomic mass is 35.5. The molecule has 0 aliphatic carbocycles. The van der Waals surface area contributed by atoms with Crippen molar-refractivity contribution in [1.29, 1.82) is 5.26 Å². The number of hydrogen-bond donors (Lipinski definition) is 1. The van der Waals surface area contributed by atoms with Crippen molar-refractivity contribution in [1.82, 2.24) is 5.32 Å². The molecule has 7 nitrogen and oxygen atoms in total. The van der Waals surface area contributed by atoms with Crippen LogP contribution < -0.4 is 10.2 Å². The van der Waals surface area contributed by atoms with Crippen molar-refractivity contribution in [2.45, 2.75) is 32.4 Å². The first-order valence-electron chi connectivity index (χ1n) is 10.6. The fourth-order valence-corrected chi connectivity index (χ4v) is 3.73. The summed E-state index contributed by atoms with van der Waals surface area (Å²) in [5, 5.41) is 14.3. The van der Waals surface area contributed by atoms with Crippen LogP contribution in [0.25, 0.3) is 16.5 Å². The van der Waals surface area contributed by atoms with Crippen LogP contribution >= 0.6 is 11.6 Å². The number of nitrogens with zero attached hydrogens (tertiary/aromatic N) is 2. The number of hydrogen-bond acceptors (Lipinski definition) is 6. The summed E-state index contributed by atoms with van der Waals surface area (Å²) in [6, 6.07) is 10.6. The van der Waals surface area contributed by atoms with Crippen molar-refractivity contribution in [2.75, 3.05) is 18.6 Å². The number of nitrogens with one attached hydrogen (secondary N) is 1. The van der Waals surface area contributed by atoms with Gasteiger partial charge in [-0.15, -0.1) is 0 Å². The zero-order valence-corrected chi connectivity index (χ0v) is 20.3. The second kappa shape index (κ2) is 10.0. The Morgan fingerprint density at radius 2 is 1.97 bits per heavy atom. The minimum atomic E-state index is -0.752. The van der Waals surface area contributed by atoms with E-state index < -0.39 is 23.7 Å². The molecular formula is C26H26ClN3O4. The maximum Gasteiger partial charge on any atom is 0.415 e. The summed E-state index contributed by atoms with van der Waals surface area (Å²) in [5.41, 5.74) is 1.31. The van der Waals surface area contributed by atoms with Crippen LogP contribution in [0.3, 0.4) is 0 Å². The second-order valence-electron chi connectivity index (χ2n) is 8.72. The molecule has 0 saturated carbocycles. The van der Waals surface area contributed by atoms with E-state index in [9.17, 15) is 14.9 Å². The van der Waals surface area contributed by atoms with Crippen molar-refractivity contribution in [3.05, 3.63) is 71.3 Å². The molecule has 2 aromatic rings. The number of carbonyl (C=O) groups excluding carboxylic acids is 2. The van der Waals surface area contributed by atoms with Gasteiger partial charge in [0.05, 0.1) is 30.4 Å². The molecular weight excluding hydrogens is 454 g/mol. The molecule has 0 radical (unpaired) electrons. The predicted octanol–water partition coefficient (Wildman–Crippen LogP) is 5.36. The average Bonchev–Trinajstić information content (AvgIpc) is 2.80. The summed E-state index contributed by atoms with van der Waals surface area (Å²) in [5.74, 6) is -0.405. The number of nitriles is 1. The largest absolute Gasteiger partial charge is 0.467 e. The van der Waals surface area contributed by atoms with E-state index in [1.54, 1.807) is 39.0 Å². The molecule has 0 bridgehead atoms. The summed E-state index contributed by atoms with van der Waals surface area (Å²) >= 11 is 6.60. The van der Waals surface area contributed by atoms with Gasteiger partial charge in [0.15, 0.2) is 0 Å². The number of esters is 1. The Balaban J connectivity index is 2.13. The summed E-state index contributed by atoms with van der Waals surface area (Å²) in [7, 11) is 1.33. The van der Waals surface area contributed by atoms with Crippen LogP contribution in [0.2, 0.25) is 5.02 Å². The first kappa shape index (κ1) is 24.9. The SMILES string of the molecule is C=C(C#N)CN(C(=O)OC(C)(C)C)c1c(Cl)ccc2ccc(C3=CC=CC(C(=O)OC)N3)cc12. The van der Waals surface area contributed by atoms with Gasteiger partial charge in [0, 0.05) is 16.7 Å². The van der Waals surface area contributed by atoms with Crippen LogP contribution in [0.1, 0.15) is 26.3 Å². The number of fused-ring (bicyclic) bond motifs is 1. The molecule has 3 rings (SSSR count). The van der Waals surface area contributed by atoms with Gasteiger partial charge in [0.2, 0.25) is 0 Å². The Morgan fingerprint density at radius 3 is 2.62 bits per heavy atom. The van der Waals surface area contributed by atoms with Gasteiger partial charge < -0.3 is 14.8 Å². The number of allylic oxidation sites excluding steroid dienone is 2. The molecule has 1 unspecified atom stereocenters. The molecule has 0 aromatic heterocycles. The summed E-state index contributed by atoms with van der Waals surface area (Å²) in [6.45, 7) is 8.93. The lowest BCUT2D eigenvalue weighted by Crippen LogP contribution is -2.38. The van der Waals surface area contributed by atoms with Crippen LogP contribution in [0.5, 0.6) is 0 Å². The second-order valence-corrected chi connectivity index (χ2v) is 9.13.